The van der Waals surface area contributed by atoms with E-state index in [1.807, 2.05) is 0 Å². The van der Waals surface area contributed by atoms with E-state index in [9.17, 15) is 0 Å². The molecule has 4 heteroatoms. The average molecular weight is 327 g/mol. The van der Waals surface area contributed by atoms with E-state index in [0.717, 1.165) is 37.6 Å². The van der Waals surface area contributed by atoms with E-state index in [-0.39, 0.29) is 0 Å². The van der Waals surface area contributed by atoms with Gasteiger partial charge in [0, 0.05) is 37.3 Å². The Hall–Kier alpha value is -1.55. The van der Waals surface area contributed by atoms with Gasteiger partial charge in [-0.05, 0) is 56.7 Å². The number of likely N-dealkylation sites (tertiary alicyclic amines) is 1. The lowest BCUT2D eigenvalue weighted by Gasteiger charge is -2.41. The molecule has 1 aromatic rings. The van der Waals surface area contributed by atoms with Crippen molar-refractivity contribution in [2.75, 3.05) is 19.6 Å². The molecule has 1 aliphatic carbocycles. The van der Waals surface area contributed by atoms with E-state index in [4.69, 9.17) is 4.74 Å². The third-order valence-electron chi connectivity index (χ3n) is 5.96. The molecule has 1 saturated heterocycles. The summed E-state index contributed by atoms with van der Waals surface area (Å²) in [5, 5.41) is 4.37. The van der Waals surface area contributed by atoms with Crippen molar-refractivity contribution in [3.8, 4) is 5.75 Å². The van der Waals surface area contributed by atoms with Crippen LogP contribution in [0.4, 0.5) is 0 Å². The van der Waals surface area contributed by atoms with E-state index in [1.165, 1.54) is 43.6 Å². The second-order valence-corrected chi connectivity index (χ2v) is 7.51. The summed E-state index contributed by atoms with van der Waals surface area (Å²) in [7, 11) is 0. The topological polar surface area (TPSA) is 36.9 Å². The van der Waals surface area contributed by atoms with Gasteiger partial charge in [-0.15, -0.1) is 0 Å². The molecular formula is C20H29N3O. The van der Waals surface area contributed by atoms with Gasteiger partial charge in [0.05, 0.1) is 0 Å². The first-order valence-electron chi connectivity index (χ1n) is 9.57. The first-order chi connectivity index (χ1) is 11.8. The fourth-order valence-corrected chi connectivity index (χ4v) is 4.17. The van der Waals surface area contributed by atoms with Crippen LogP contribution in [0.15, 0.2) is 29.4 Å². The van der Waals surface area contributed by atoms with Gasteiger partial charge in [0.25, 0.3) is 0 Å². The lowest BCUT2D eigenvalue weighted by atomic mass is 9.89. The molecule has 2 aliphatic heterocycles. The highest BCUT2D eigenvalue weighted by Crippen LogP contribution is 2.29. The Bertz CT molecular complexity index is 571. The molecule has 24 heavy (non-hydrogen) atoms. The third kappa shape index (κ3) is 3.44. The number of ether oxygens (including phenoxy) is 1. The van der Waals surface area contributed by atoms with Crippen molar-refractivity contribution in [2.45, 2.75) is 63.5 Å². The van der Waals surface area contributed by atoms with E-state index >= 15 is 0 Å². The Morgan fingerprint density at radius 3 is 2.42 bits per heavy atom. The Kier molecular flexibility index (Phi) is 4.74. The fraction of sp³-hybridized carbons (Fsp3) is 0.650. The summed E-state index contributed by atoms with van der Waals surface area (Å²) in [5.41, 5.74) is 5.61. The number of nitrogens with one attached hydrogen (secondary N) is 1. The maximum absolute atomic E-state index is 6.23. The highest BCUT2D eigenvalue weighted by molar-refractivity contribution is 5.89. The molecule has 2 heterocycles. The molecule has 1 N–H and O–H groups in total. The highest BCUT2D eigenvalue weighted by Gasteiger charge is 2.29. The zero-order valence-electron chi connectivity index (χ0n) is 14.7. The van der Waals surface area contributed by atoms with Crippen LogP contribution in [0.2, 0.25) is 0 Å². The van der Waals surface area contributed by atoms with Crippen molar-refractivity contribution >= 4 is 5.71 Å². The number of hydrazone groups is 1. The predicted molar refractivity (Wildman–Crippen MR) is 97.8 cm³/mol. The quantitative estimate of drug-likeness (QED) is 0.919. The maximum atomic E-state index is 6.23. The van der Waals surface area contributed by atoms with Crippen LogP contribution in [0.25, 0.3) is 0 Å². The lowest BCUT2D eigenvalue weighted by molar-refractivity contribution is 0.0493. The van der Waals surface area contributed by atoms with Gasteiger partial charge >= 0.3 is 0 Å². The van der Waals surface area contributed by atoms with Gasteiger partial charge < -0.3 is 15.1 Å². The highest BCUT2D eigenvalue weighted by atomic mass is 16.5. The fourth-order valence-electron chi connectivity index (χ4n) is 4.17. The van der Waals surface area contributed by atoms with Gasteiger partial charge in [0.1, 0.15) is 11.9 Å². The van der Waals surface area contributed by atoms with Gasteiger partial charge in [-0.25, -0.2) is 0 Å². The number of piperidine rings is 1. The smallest absolute Gasteiger partial charge is 0.119 e. The summed E-state index contributed by atoms with van der Waals surface area (Å²) in [6.45, 7) is 5.48. The Labute approximate surface area is 145 Å². The van der Waals surface area contributed by atoms with Crippen LogP contribution in [0.3, 0.4) is 0 Å². The zero-order chi connectivity index (χ0) is 16.4. The molecule has 1 saturated carbocycles. The molecule has 0 spiro atoms. The SMILES string of the molecule is CC1=NNCCC1c1ccc(OC2CCN(C3CCC3)CC2)cc1. The molecule has 2 fully saturated rings. The summed E-state index contributed by atoms with van der Waals surface area (Å²) in [4.78, 5) is 2.67. The molecule has 0 aromatic heterocycles. The monoisotopic (exact) mass is 327 g/mol. The number of nitrogens with zero attached hydrogens (tertiary/aromatic N) is 2. The predicted octanol–water partition coefficient (Wildman–Crippen LogP) is 3.54. The second-order valence-electron chi connectivity index (χ2n) is 7.51. The molecule has 0 bridgehead atoms. The maximum Gasteiger partial charge on any atom is 0.119 e. The summed E-state index contributed by atoms with van der Waals surface area (Å²) < 4.78 is 6.23. The zero-order valence-corrected chi connectivity index (χ0v) is 14.7. The number of rotatable bonds is 4. The largest absolute Gasteiger partial charge is 0.490 e. The average Bonchev–Trinajstić information content (AvgIpc) is 2.56. The van der Waals surface area contributed by atoms with Crippen molar-refractivity contribution in [2.24, 2.45) is 5.10 Å². The van der Waals surface area contributed by atoms with E-state index in [1.54, 1.807) is 0 Å². The summed E-state index contributed by atoms with van der Waals surface area (Å²) in [5.74, 6) is 1.47. The van der Waals surface area contributed by atoms with Crippen LogP contribution < -0.4 is 10.2 Å². The summed E-state index contributed by atoms with van der Waals surface area (Å²) >= 11 is 0. The first kappa shape index (κ1) is 15.9. The van der Waals surface area contributed by atoms with Crippen molar-refractivity contribution in [3.05, 3.63) is 29.8 Å². The molecule has 130 valence electrons. The molecule has 3 aliphatic rings. The standard InChI is InChI=1S/C20H29N3O/c1-15-20(9-12-21-22-15)16-5-7-18(8-6-16)24-19-10-13-23(14-11-19)17-3-2-4-17/h5-8,17,19-21H,2-4,9-14H2,1H3. The molecule has 1 unspecified atom stereocenters. The van der Waals surface area contributed by atoms with Crippen LogP contribution in [-0.4, -0.2) is 42.4 Å². The van der Waals surface area contributed by atoms with Gasteiger partial charge in [-0.3, -0.25) is 0 Å². The van der Waals surface area contributed by atoms with E-state index < -0.39 is 0 Å². The molecule has 0 radical (unpaired) electrons. The van der Waals surface area contributed by atoms with Crippen LogP contribution >= 0.6 is 0 Å². The van der Waals surface area contributed by atoms with Crippen molar-refractivity contribution in [1.29, 1.82) is 0 Å². The van der Waals surface area contributed by atoms with E-state index in [2.05, 4.69) is 46.6 Å². The molecule has 0 amide bonds. The molecule has 1 aromatic carbocycles. The molecular weight excluding hydrogens is 298 g/mol. The number of hydrogen-bond acceptors (Lipinski definition) is 4. The summed E-state index contributed by atoms with van der Waals surface area (Å²) in [6.07, 6.45) is 8.08. The van der Waals surface area contributed by atoms with E-state index in [0.29, 0.717) is 12.0 Å². The van der Waals surface area contributed by atoms with Crippen molar-refractivity contribution < 1.29 is 4.74 Å². The van der Waals surface area contributed by atoms with Gasteiger partial charge in [0.15, 0.2) is 0 Å². The number of hydrogen-bond donors (Lipinski definition) is 1. The molecule has 4 nitrogen and oxygen atoms in total. The minimum atomic E-state index is 0.384. The number of benzene rings is 1. The van der Waals surface area contributed by atoms with Crippen molar-refractivity contribution in [1.82, 2.24) is 10.3 Å². The Balaban J connectivity index is 1.31. The molecule has 4 rings (SSSR count). The Morgan fingerprint density at radius 2 is 1.79 bits per heavy atom. The van der Waals surface area contributed by atoms with Gasteiger partial charge in [-0.2, -0.15) is 5.10 Å². The minimum absolute atomic E-state index is 0.384. The summed E-state index contributed by atoms with van der Waals surface area (Å²) in [6, 6.07) is 9.59. The van der Waals surface area contributed by atoms with Gasteiger partial charge in [0.2, 0.25) is 0 Å². The van der Waals surface area contributed by atoms with Crippen LogP contribution in [-0.2, 0) is 0 Å². The van der Waals surface area contributed by atoms with Crippen LogP contribution in [0, 0.1) is 0 Å². The molecule has 1 atom stereocenters. The normalized spacial score (nSPS) is 26.4. The van der Waals surface area contributed by atoms with Crippen molar-refractivity contribution in [3.63, 3.8) is 0 Å². The minimum Gasteiger partial charge on any atom is -0.490 e. The van der Waals surface area contributed by atoms with Gasteiger partial charge in [-0.1, -0.05) is 18.6 Å². The van der Waals surface area contributed by atoms with Crippen LogP contribution in [0.1, 0.15) is 56.9 Å². The Morgan fingerprint density at radius 1 is 1.04 bits per heavy atom. The second kappa shape index (κ2) is 7.14. The van der Waals surface area contributed by atoms with Crippen LogP contribution in [0.5, 0.6) is 5.75 Å². The lowest BCUT2D eigenvalue weighted by Crippen LogP contribution is -2.46. The third-order valence-corrected chi connectivity index (χ3v) is 5.96. The first-order valence-corrected chi connectivity index (χ1v) is 9.57.